The van der Waals surface area contributed by atoms with E-state index in [0.29, 0.717) is 16.6 Å². The van der Waals surface area contributed by atoms with E-state index in [1.54, 1.807) is 19.2 Å². The van der Waals surface area contributed by atoms with Gasteiger partial charge in [0, 0.05) is 6.42 Å². The summed E-state index contributed by atoms with van der Waals surface area (Å²) < 4.78 is 5.24. The van der Waals surface area contributed by atoms with Gasteiger partial charge in [0.15, 0.2) is 5.17 Å². The molecule has 2 N–H and O–H groups in total. The summed E-state index contributed by atoms with van der Waals surface area (Å²) in [4.78, 5) is 29.0. The van der Waals surface area contributed by atoms with Gasteiger partial charge in [-0.3, -0.25) is 9.59 Å². The number of hydrogen-bond acceptors (Lipinski definition) is 5. The first-order valence-electron chi connectivity index (χ1n) is 8.11. The average Bonchev–Trinajstić information content (AvgIpc) is 2.63. The number of anilines is 1. The highest BCUT2D eigenvalue weighted by molar-refractivity contribution is 8.15. The molecule has 1 aliphatic rings. The van der Waals surface area contributed by atoms with Gasteiger partial charge in [0.1, 0.15) is 11.0 Å². The van der Waals surface area contributed by atoms with Crippen molar-refractivity contribution in [3.05, 3.63) is 54.1 Å². The fourth-order valence-electron chi connectivity index (χ4n) is 2.44. The second kappa shape index (κ2) is 8.05. The zero-order valence-corrected chi connectivity index (χ0v) is 15.3. The SMILES string of the molecule is COc1ccccc1NC(=O)C1CC(=O)NC(=Nc2ccc(C)cc2)S1. The van der Waals surface area contributed by atoms with Gasteiger partial charge < -0.3 is 15.4 Å². The van der Waals surface area contributed by atoms with E-state index in [9.17, 15) is 9.59 Å². The molecule has 0 bridgehead atoms. The van der Waals surface area contributed by atoms with Crippen molar-refractivity contribution in [1.82, 2.24) is 5.32 Å². The maximum atomic E-state index is 12.6. The second-order valence-electron chi connectivity index (χ2n) is 5.80. The van der Waals surface area contributed by atoms with Crippen LogP contribution in [-0.4, -0.2) is 29.3 Å². The normalized spacial score (nSPS) is 18.3. The molecule has 1 atom stereocenters. The number of aliphatic imine (C=N–C) groups is 1. The Morgan fingerprint density at radius 2 is 1.96 bits per heavy atom. The molecule has 1 fully saturated rings. The summed E-state index contributed by atoms with van der Waals surface area (Å²) in [5, 5.41) is 5.41. The van der Waals surface area contributed by atoms with E-state index < -0.39 is 5.25 Å². The maximum absolute atomic E-state index is 12.6. The van der Waals surface area contributed by atoms with Crippen LogP contribution >= 0.6 is 11.8 Å². The summed E-state index contributed by atoms with van der Waals surface area (Å²) in [5.74, 6) is 0.0837. The summed E-state index contributed by atoms with van der Waals surface area (Å²) in [6.07, 6.45) is 0.0958. The molecule has 6 nitrogen and oxygen atoms in total. The molecule has 7 heteroatoms. The van der Waals surface area contributed by atoms with Crippen molar-refractivity contribution >= 4 is 40.1 Å². The van der Waals surface area contributed by atoms with Crippen LogP contribution in [-0.2, 0) is 9.59 Å². The first-order valence-corrected chi connectivity index (χ1v) is 8.99. The lowest BCUT2D eigenvalue weighted by atomic mass is 10.2. The molecular formula is C19H19N3O3S. The van der Waals surface area contributed by atoms with E-state index in [1.165, 1.54) is 11.8 Å². The number of aryl methyl sites for hydroxylation is 1. The van der Waals surface area contributed by atoms with Crippen LogP contribution in [0.4, 0.5) is 11.4 Å². The Morgan fingerprint density at radius 3 is 2.69 bits per heavy atom. The summed E-state index contributed by atoms with van der Waals surface area (Å²) in [7, 11) is 1.54. The van der Waals surface area contributed by atoms with Gasteiger partial charge in [-0.05, 0) is 31.2 Å². The highest BCUT2D eigenvalue weighted by Gasteiger charge is 2.30. The van der Waals surface area contributed by atoms with Crippen LogP contribution in [0.25, 0.3) is 0 Å². The number of para-hydroxylation sites is 2. The summed E-state index contributed by atoms with van der Waals surface area (Å²) in [6.45, 7) is 1.99. The van der Waals surface area contributed by atoms with Gasteiger partial charge in [-0.2, -0.15) is 0 Å². The molecule has 26 heavy (non-hydrogen) atoms. The molecule has 0 saturated carbocycles. The Balaban J connectivity index is 1.74. The number of methoxy groups -OCH3 is 1. The maximum Gasteiger partial charge on any atom is 0.238 e. The van der Waals surface area contributed by atoms with E-state index >= 15 is 0 Å². The Kier molecular flexibility index (Phi) is 5.58. The monoisotopic (exact) mass is 369 g/mol. The minimum Gasteiger partial charge on any atom is -0.495 e. The van der Waals surface area contributed by atoms with Gasteiger partial charge in [0.05, 0.1) is 18.5 Å². The Morgan fingerprint density at radius 1 is 1.23 bits per heavy atom. The van der Waals surface area contributed by atoms with Gasteiger partial charge in [0.2, 0.25) is 11.8 Å². The molecule has 1 saturated heterocycles. The molecule has 3 rings (SSSR count). The van der Waals surface area contributed by atoms with Crippen molar-refractivity contribution < 1.29 is 14.3 Å². The number of benzene rings is 2. The molecule has 2 aromatic rings. The zero-order valence-electron chi connectivity index (χ0n) is 14.5. The molecule has 1 heterocycles. The van der Waals surface area contributed by atoms with Crippen LogP contribution in [0.1, 0.15) is 12.0 Å². The Labute approximate surface area is 156 Å². The lowest BCUT2D eigenvalue weighted by Crippen LogP contribution is -2.41. The van der Waals surface area contributed by atoms with E-state index in [1.807, 2.05) is 43.3 Å². The number of nitrogens with one attached hydrogen (secondary N) is 2. The van der Waals surface area contributed by atoms with Crippen molar-refractivity contribution in [2.75, 3.05) is 12.4 Å². The quantitative estimate of drug-likeness (QED) is 0.867. The summed E-state index contributed by atoms with van der Waals surface area (Å²) in [5.41, 5.74) is 2.43. The molecular weight excluding hydrogens is 350 g/mol. The number of ether oxygens (including phenoxy) is 1. The molecule has 0 aliphatic carbocycles. The standard InChI is InChI=1S/C19H19N3O3S/c1-12-7-9-13(10-8-12)20-19-22-17(23)11-16(26-19)18(24)21-14-5-3-4-6-15(14)25-2/h3-10,16H,11H2,1-2H3,(H,21,24)(H,20,22,23). The van der Waals surface area contributed by atoms with Crippen LogP contribution < -0.4 is 15.4 Å². The second-order valence-corrected chi connectivity index (χ2v) is 6.99. The van der Waals surface area contributed by atoms with Crippen molar-refractivity contribution in [1.29, 1.82) is 0 Å². The smallest absolute Gasteiger partial charge is 0.238 e. The Hall–Kier alpha value is -2.80. The number of rotatable bonds is 4. The predicted molar refractivity (Wildman–Crippen MR) is 104 cm³/mol. The molecule has 0 spiro atoms. The van der Waals surface area contributed by atoms with Crippen molar-refractivity contribution in [3.8, 4) is 5.75 Å². The molecule has 1 unspecified atom stereocenters. The fourth-order valence-corrected chi connectivity index (χ4v) is 3.44. The molecule has 1 aliphatic heterocycles. The topological polar surface area (TPSA) is 79.8 Å². The first kappa shape index (κ1) is 18.0. The number of amidine groups is 1. The molecule has 0 radical (unpaired) electrons. The van der Waals surface area contributed by atoms with Crippen LogP contribution in [0, 0.1) is 6.92 Å². The van der Waals surface area contributed by atoms with Gasteiger partial charge in [-0.25, -0.2) is 4.99 Å². The van der Waals surface area contributed by atoms with Crippen molar-refractivity contribution in [3.63, 3.8) is 0 Å². The summed E-state index contributed by atoms with van der Waals surface area (Å²) in [6, 6.07) is 14.8. The number of hydrogen-bond donors (Lipinski definition) is 2. The Bertz CT molecular complexity index is 849. The third kappa shape index (κ3) is 4.43. The highest BCUT2D eigenvalue weighted by Crippen LogP contribution is 2.27. The third-order valence-electron chi connectivity index (χ3n) is 3.79. The van der Waals surface area contributed by atoms with E-state index in [-0.39, 0.29) is 18.2 Å². The predicted octanol–water partition coefficient (Wildman–Crippen LogP) is 3.25. The van der Waals surface area contributed by atoms with Gasteiger partial charge in [-0.1, -0.05) is 41.6 Å². The minimum atomic E-state index is -0.558. The van der Waals surface area contributed by atoms with E-state index in [4.69, 9.17) is 4.74 Å². The van der Waals surface area contributed by atoms with Crippen LogP contribution in [0.5, 0.6) is 5.75 Å². The lowest BCUT2D eigenvalue weighted by Gasteiger charge is -2.22. The van der Waals surface area contributed by atoms with Crippen LogP contribution in [0.3, 0.4) is 0 Å². The lowest BCUT2D eigenvalue weighted by molar-refractivity contribution is -0.123. The highest BCUT2D eigenvalue weighted by atomic mass is 32.2. The number of carbonyl (C=O) groups excluding carboxylic acids is 2. The van der Waals surface area contributed by atoms with Gasteiger partial charge in [0.25, 0.3) is 0 Å². The first-order chi connectivity index (χ1) is 12.5. The molecule has 134 valence electrons. The van der Waals surface area contributed by atoms with E-state index in [2.05, 4.69) is 15.6 Å². The third-order valence-corrected chi connectivity index (χ3v) is 4.87. The zero-order chi connectivity index (χ0) is 18.5. The number of carbonyl (C=O) groups is 2. The molecule has 0 aromatic heterocycles. The largest absolute Gasteiger partial charge is 0.495 e. The molecule has 2 amide bonds. The number of thioether (sulfide) groups is 1. The van der Waals surface area contributed by atoms with Crippen LogP contribution in [0.15, 0.2) is 53.5 Å². The van der Waals surface area contributed by atoms with Gasteiger partial charge in [-0.15, -0.1) is 0 Å². The van der Waals surface area contributed by atoms with Crippen molar-refractivity contribution in [2.45, 2.75) is 18.6 Å². The van der Waals surface area contributed by atoms with E-state index in [0.717, 1.165) is 11.3 Å². The van der Waals surface area contributed by atoms with Crippen molar-refractivity contribution in [2.24, 2.45) is 4.99 Å². The number of amides is 2. The molecule has 2 aromatic carbocycles. The number of nitrogens with zero attached hydrogens (tertiary/aromatic N) is 1. The van der Waals surface area contributed by atoms with Gasteiger partial charge >= 0.3 is 0 Å². The fraction of sp³-hybridized carbons (Fsp3) is 0.211. The van der Waals surface area contributed by atoms with Crippen LogP contribution in [0.2, 0.25) is 0 Å². The average molecular weight is 369 g/mol. The minimum absolute atomic E-state index is 0.0958. The summed E-state index contributed by atoms with van der Waals surface area (Å²) >= 11 is 1.24.